The number of anilines is 1. The topological polar surface area (TPSA) is 53.6 Å². The lowest BCUT2D eigenvalue weighted by Crippen LogP contribution is -2.04. The van der Waals surface area contributed by atoms with Gasteiger partial charge < -0.3 is 10.3 Å². The molecule has 146 valence electrons. The second kappa shape index (κ2) is 8.08. The first-order valence-electron chi connectivity index (χ1n) is 10.6. The van der Waals surface area contributed by atoms with E-state index in [0.29, 0.717) is 5.92 Å². The van der Waals surface area contributed by atoms with Crippen molar-refractivity contribution in [1.29, 1.82) is 0 Å². The quantitative estimate of drug-likeness (QED) is 0.427. The van der Waals surface area contributed by atoms with E-state index in [-0.39, 0.29) is 0 Å². The highest BCUT2D eigenvalue weighted by Gasteiger charge is 2.18. The van der Waals surface area contributed by atoms with E-state index in [1.54, 1.807) is 0 Å². The van der Waals surface area contributed by atoms with Gasteiger partial charge in [-0.15, -0.1) is 0 Å². The molecule has 4 heteroatoms. The highest BCUT2D eigenvalue weighted by Crippen LogP contribution is 2.35. The first-order valence-corrected chi connectivity index (χ1v) is 10.6. The van der Waals surface area contributed by atoms with E-state index < -0.39 is 0 Å². The number of pyridine rings is 2. The van der Waals surface area contributed by atoms with Crippen molar-refractivity contribution in [2.75, 3.05) is 5.32 Å². The molecule has 1 aliphatic carbocycles. The normalized spacial score (nSPS) is 14.9. The molecule has 0 saturated heterocycles. The Kier molecular flexibility index (Phi) is 4.99. The lowest BCUT2D eigenvalue weighted by Gasteiger charge is -2.20. The van der Waals surface area contributed by atoms with Crippen LogP contribution >= 0.6 is 0 Å². The lowest BCUT2D eigenvalue weighted by molar-refractivity contribution is 0.438. The average molecular weight is 383 g/mol. The fourth-order valence-corrected chi connectivity index (χ4v) is 4.38. The molecule has 1 fully saturated rings. The van der Waals surface area contributed by atoms with Crippen molar-refractivity contribution in [3.05, 3.63) is 78.2 Å². The molecule has 2 N–H and O–H groups in total. The minimum Gasteiger partial charge on any atom is -0.366 e. The Hall–Kier alpha value is -3.14. The summed E-state index contributed by atoms with van der Waals surface area (Å²) in [6.07, 6.45) is 10.5. The number of hydrogen-bond donors (Lipinski definition) is 2. The van der Waals surface area contributed by atoms with E-state index in [1.807, 2.05) is 18.5 Å². The summed E-state index contributed by atoms with van der Waals surface area (Å²) in [5.74, 6) is 1.54. The van der Waals surface area contributed by atoms with E-state index in [0.717, 1.165) is 23.6 Å². The molecule has 1 saturated carbocycles. The maximum absolute atomic E-state index is 4.63. The molecule has 0 aliphatic heterocycles. The molecule has 3 aromatic heterocycles. The van der Waals surface area contributed by atoms with Crippen molar-refractivity contribution in [3.8, 4) is 11.1 Å². The van der Waals surface area contributed by atoms with Crippen LogP contribution in [0.1, 0.15) is 49.3 Å². The van der Waals surface area contributed by atoms with Crippen LogP contribution < -0.4 is 5.32 Å². The number of aromatic amines is 1. The number of fused-ring (bicyclic) bond motifs is 1. The lowest BCUT2D eigenvalue weighted by atomic mass is 9.87. The zero-order valence-electron chi connectivity index (χ0n) is 16.6. The van der Waals surface area contributed by atoms with Crippen LogP contribution in [0.3, 0.4) is 0 Å². The van der Waals surface area contributed by atoms with Gasteiger partial charge in [0.25, 0.3) is 0 Å². The molecule has 5 rings (SSSR count). The Morgan fingerprint density at radius 1 is 0.931 bits per heavy atom. The SMILES string of the molecule is c1ccc(CNc2ccc(-c3ccnc4[nH]c(C5CCCCC5)cc34)cn2)cc1. The highest BCUT2D eigenvalue weighted by molar-refractivity contribution is 5.93. The van der Waals surface area contributed by atoms with Crippen molar-refractivity contribution < 1.29 is 0 Å². The summed E-state index contributed by atoms with van der Waals surface area (Å²) < 4.78 is 0. The van der Waals surface area contributed by atoms with Gasteiger partial charge >= 0.3 is 0 Å². The Labute approximate surface area is 171 Å². The van der Waals surface area contributed by atoms with Gasteiger partial charge in [0.2, 0.25) is 0 Å². The van der Waals surface area contributed by atoms with Crippen molar-refractivity contribution in [1.82, 2.24) is 15.0 Å². The van der Waals surface area contributed by atoms with Gasteiger partial charge in [0.05, 0.1) is 0 Å². The van der Waals surface area contributed by atoms with Gasteiger partial charge in [-0.2, -0.15) is 0 Å². The molecule has 29 heavy (non-hydrogen) atoms. The molecule has 4 nitrogen and oxygen atoms in total. The minimum atomic E-state index is 0.647. The summed E-state index contributed by atoms with van der Waals surface area (Å²) in [7, 11) is 0. The first-order chi connectivity index (χ1) is 14.4. The second-order valence-electron chi connectivity index (χ2n) is 7.95. The molecule has 1 aromatic carbocycles. The van der Waals surface area contributed by atoms with Gasteiger partial charge in [0.1, 0.15) is 11.5 Å². The standard InChI is InChI=1S/C25H26N4/c1-3-7-18(8-4-1)16-27-24-12-11-20(17-28-24)21-13-14-26-25-22(21)15-23(29-25)19-9-5-2-6-10-19/h1,3-4,7-8,11-15,17,19H,2,5-6,9-10,16H2,(H,26,29)(H,27,28). The van der Waals surface area contributed by atoms with Crippen molar-refractivity contribution in [2.24, 2.45) is 0 Å². The number of aromatic nitrogens is 3. The smallest absolute Gasteiger partial charge is 0.138 e. The maximum atomic E-state index is 4.63. The summed E-state index contributed by atoms with van der Waals surface area (Å²) in [4.78, 5) is 12.8. The third-order valence-electron chi connectivity index (χ3n) is 5.99. The van der Waals surface area contributed by atoms with Crippen molar-refractivity contribution in [2.45, 2.75) is 44.6 Å². The molecule has 0 bridgehead atoms. The Balaban J connectivity index is 1.37. The summed E-state index contributed by atoms with van der Waals surface area (Å²) >= 11 is 0. The van der Waals surface area contributed by atoms with Gasteiger partial charge in [-0.25, -0.2) is 9.97 Å². The van der Waals surface area contributed by atoms with E-state index >= 15 is 0 Å². The largest absolute Gasteiger partial charge is 0.366 e. The van der Waals surface area contributed by atoms with Crippen LogP contribution in [0.5, 0.6) is 0 Å². The molecule has 4 aromatic rings. The van der Waals surface area contributed by atoms with Crippen LogP contribution in [-0.2, 0) is 6.54 Å². The third-order valence-corrected chi connectivity index (χ3v) is 5.99. The third kappa shape index (κ3) is 3.88. The van der Waals surface area contributed by atoms with Crippen LogP contribution in [0.2, 0.25) is 0 Å². The Morgan fingerprint density at radius 2 is 1.79 bits per heavy atom. The molecule has 0 radical (unpaired) electrons. The van der Waals surface area contributed by atoms with E-state index in [2.05, 4.69) is 68.8 Å². The summed E-state index contributed by atoms with van der Waals surface area (Å²) in [5, 5.41) is 4.59. The molecule has 3 heterocycles. The van der Waals surface area contributed by atoms with Gasteiger partial charge in [0.15, 0.2) is 0 Å². The van der Waals surface area contributed by atoms with Gasteiger partial charge in [-0.05, 0) is 54.2 Å². The van der Waals surface area contributed by atoms with Crippen LogP contribution in [-0.4, -0.2) is 15.0 Å². The fourth-order valence-electron chi connectivity index (χ4n) is 4.38. The maximum Gasteiger partial charge on any atom is 0.138 e. The van der Waals surface area contributed by atoms with Crippen molar-refractivity contribution in [3.63, 3.8) is 0 Å². The number of benzene rings is 1. The molecule has 0 unspecified atom stereocenters. The Bertz CT molecular complexity index is 1080. The predicted molar refractivity (Wildman–Crippen MR) is 119 cm³/mol. The monoisotopic (exact) mass is 382 g/mol. The predicted octanol–water partition coefficient (Wildman–Crippen LogP) is 6.28. The van der Waals surface area contributed by atoms with Gasteiger partial charge in [0, 0.05) is 35.6 Å². The van der Waals surface area contributed by atoms with E-state index in [9.17, 15) is 0 Å². The summed E-state index contributed by atoms with van der Waals surface area (Å²) in [6, 6.07) is 19.0. The number of nitrogens with one attached hydrogen (secondary N) is 2. The molecular formula is C25H26N4. The van der Waals surface area contributed by atoms with Crippen LogP contribution in [0.4, 0.5) is 5.82 Å². The molecule has 0 atom stereocenters. The van der Waals surface area contributed by atoms with Gasteiger partial charge in [-0.3, -0.25) is 0 Å². The minimum absolute atomic E-state index is 0.647. The molecular weight excluding hydrogens is 356 g/mol. The molecule has 0 spiro atoms. The first kappa shape index (κ1) is 17.9. The molecule has 0 amide bonds. The van der Waals surface area contributed by atoms with Crippen LogP contribution in [0, 0.1) is 0 Å². The van der Waals surface area contributed by atoms with Crippen molar-refractivity contribution >= 4 is 16.9 Å². The second-order valence-corrected chi connectivity index (χ2v) is 7.95. The number of H-pyrrole nitrogens is 1. The Morgan fingerprint density at radius 3 is 2.59 bits per heavy atom. The van der Waals surface area contributed by atoms with Crippen LogP contribution in [0.15, 0.2) is 67.0 Å². The van der Waals surface area contributed by atoms with Crippen LogP contribution in [0.25, 0.3) is 22.2 Å². The summed E-state index contributed by atoms with van der Waals surface area (Å²) in [6.45, 7) is 0.773. The average Bonchev–Trinajstić information content (AvgIpc) is 3.24. The van der Waals surface area contributed by atoms with E-state index in [4.69, 9.17) is 0 Å². The number of nitrogens with zero attached hydrogens (tertiary/aromatic N) is 2. The van der Waals surface area contributed by atoms with E-state index in [1.165, 1.54) is 54.3 Å². The highest BCUT2D eigenvalue weighted by atomic mass is 15.0. The number of hydrogen-bond acceptors (Lipinski definition) is 3. The summed E-state index contributed by atoms with van der Waals surface area (Å²) in [5.41, 5.74) is 5.88. The zero-order valence-corrected chi connectivity index (χ0v) is 16.6. The zero-order chi connectivity index (χ0) is 19.5. The number of rotatable bonds is 5. The fraction of sp³-hybridized carbons (Fsp3) is 0.280. The molecule has 1 aliphatic rings. The van der Waals surface area contributed by atoms with Gasteiger partial charge in [-0.1, -0.05) is 49.6 Å².